The SMILES string of the molecule is N/C(=C\C(=[NH2+])c1ccccc1C(=O)N[C@@H](CO)Cc1ccccc1F)c1ccc(F)cc1. The molecule has 0 saturated heterocycles. The van der Waals surface area contributed by atoms with E-state index in [0.29, 0.717) is 22.4 Å². The lowest BCUT2D eigenvalue weighted by Gasteiger charge is -2.17. The third-order valence-corrected chi connectivity index (χ3v) is 4.95. The maximum Gasteiger partial charge on any atom is 0.252 e. The third kappa shape index (κ3) is 5.65. The van der Waals surface area contributed by atoms with E-state index < -0.39 is 17.8 Å². The molecule has 0 bridgehead atoms. The largest absolute Gasteiger partial charge is 0.398 e. The van der Waals surface area contributed by atoms with Gasteiger partial charge in [-0.2, -0.15) is 0 Å². The van der Waals surface area contributed by atoms with Crippen LogP contribution in [-0.4, -0.2) is 29.4 Å². The summed E-state index contributed by atoms with van der Waals surface area (Å²) in [6, 6.07) is 17.8. The maximum atomic E-state index is 13.9. The average Bonchev–Trinajstić information content (AvgIpc) is 2.80. The quantitative estimate of drug-likeness (QED) is 0.406. The van der Waals surface area contributed by atoms with Crippen molar-refractivity contribution in [2.75, 3.05) is 6.61 Å². The molecule has 0 aromatic heterocycles. The predicted octanol–water partition coefficient (Wildman–Crippen LogP) is 1.85. The lowest BCUT2D eigenvalue weighted by Crippen LogP contribution is -2.43. The zero-order chi connectivity index (χ0) is 23.1. The first-order valence-corrected chi connectivity index (χ1v) is 9.99. The van der Waals surface area contributed by atoms with Crippen molar-refractivity contribution in [3.05, 3.63) is 113 Å². The Hall–Kier alpha value is -3.84. The molecule has 3 rings (SSSR count). The summed E-state index contributed by atoms with van der Waals surface area (Å²) in [5.41, 5.74) is 8.33. The first-order chi connectivity index (χ1) is 15.4. The molecule has 5 nitrogen and oxygen atoms in total. The van der Waals surface area contributed by atoms with Crippen molar-refractivity contribution in [2.45, 2.75) is 12.5 Å². The summed E-state index contributed by atoms with van der Waals surface area (Å²) in [6.45, 7) is -0.362. The van der Waals surface area contributed by atoms with Crippen molar-refractivity contribution in [1.29, 1.82) is 0 Å². The number of carbonyl (C=O) groups excluding carboxylic acids is 1. The highest BCUT2D eigenvalue weighted by atomic mass is 19.1. The minimum Gasteiger partial charge on any atom is -0.398 e. The fraction of sp³-hybridized carbons (Fsp3) is 0.120. The Morgan fingerprint density at radius 2 is 1.62 bits per heavy atom. The van der Waals surface area contributed by atoms with Gasteiger partial charge in [-0.05, 0) is 47.9 Å². The van der Waals surface area contributed by atoms with Crippen LogP contribution in [0.1, 0.15) is 27.0 Å². The van der Waals surface area contributed by atoms with Gasteiger partial charge in [0.25, 0.3) is 5.91 Å². The van der Waals surface area contributed by atoms with Gasteiger partial charge in [-0.3, -0.25) is 10.2 Å². The van der Waals surface area contributed by atoms with Crippen LogP contribution in [0.5, 0.6) is 0 Å². The second kappa shape index (κ2) is 10.5. The van der Waals surface area contributed by atoms with E-state index in [0.717, 1.165) is 0 Å². The lowest BCUT2D eigenvalue weighted by molar-refractivity contribution is -0.111. The Morgan fingerprint density at radius 1 is 1.00 bits per heavy atom. The highest BCUT2D eigenvalue weighted by molar-refractivity contribution is 6.14. The van der Waals surface area contributed by atoms with Crippen molar-refractivity contribution in [2.24, 2.45) is 5.73 Å². The summed E-state index contributed by atoms with van der Waals surface area (Å²) in [5, 5.41) is 18.6. The smallest absolute Gasteiger partial charge is 0.252 e. The summed E-state index contributed by atoms with van der Waals surface area (Å²) in [7, 11) is 0. The van der Waals surface area contributed by atoms with E-state index in [1.807, 2.05) is 0 Å². The van der Waals surface area contributed by atoms with E-state index in [2.05, 4.69) is 5.32 Å². The number of halogens is 2. The van der Waals surface area contributed by atoms with Gasteiger partial charge in [-0.15, -0.1) is 0 Å². The summed E-state index contributed by atoms with van der Waals surface area (Å²) < 4.78 is 27.1. The second-order valence-corrected chi connectivity index (χ2v) is 7.26. The van der Waals surface area contributed by atoms with Crippen LogP contribution < -0.4 is 16.5 Å². The molecule has 0 spiro atoms. The number of hydrogen-bond donors (Lipinski definition) is 4. The van der Waals surface area contributed by atoms with Crippen LogP contribution in [0.25, 0.3) is 5.70 Å². The van der Waals surface area contributed by atoms with Gasteiger partial charge in [0.1, 0.15) is 11.6 Å². The van der Waals surface area contributed by atoms with Gasteiger partial charge in [0.15, 0.2) is 0 Å². The van der Waals surface area contributed by atoms with E-state index in [1.54, 1.807) is 42.5 Å². The number of aliphatic hydroxyl groups is 1. The van der Waals surface area contributed by atoms with Gasteiger partial charge in [0, 0.05) is 11.8 Å². The Bertz CT molecular complexity index is 1140. The minimum atomic E-state index is -0.687. The molecular formula is C25H24F2N3O2+. The number of hydrogen-bond acceptors (Lipinski definition) is 3. The van der Waals surface area contributed by atoms with Gasteiger partial charge >= 0.3 is 0 Å². The number of aliphatic hydroxyl groups excluding tert-OH is 1. The van der Waals surface area contributed by atoms with Crippen LogP contribution in [0.4, 0.5) is 8.78 Å². The zero-order valence-electron chi connectivity index (χ0n) is 17.3. The highest BCUT2D eigenvalue weighted by Crippen LogP contribution is 2.15. The Morgan fingerprint density at radius 3 is 2.28 bits per heavy atom. The van der Waals surface area contributed by atoms with E-state index in [-0.39, 0.29) is 30.1 Å². The van der Waals surface area contributed by atoms with Crippen LogP contribution in [0.2, 0.25) is 0 Å². The van der Waals surface area contributed by atoms with Gasteiger partial charge in [-0.1, -0.05) is 42.5 Å². The van der Waals surface area contributed by atoms with E-state index in [4.69, 9.17) is 11.1 Å². The first kappa shape index (κ1) is 22.8. The van der Waals surface area contributed by atoms with Crippen LogP contribution in [0.15, 0.2) is 78.9 Å². The molecule has 0 unspecified atom stereocenters. The molecule has 6 N–H and O–H groups in total. The minimum absolute atomic E-state index is 0.133. The second-order valence-electron chi connectivity index (χ2n) is 7.26. The standard InChI is InChI=1S/C25H23F2N3O2/c26-18-11-9-16(10-12-18)23(28)14-24(29)20-6-2-3-7-21(20)25(32)30-19(15-31)13-17-5-1-4-8-22(17)27/h1-12,14,19,29,31H,13,15,28H2,(H,30,32)/p+1/b23-14-,29-24?/t19-/m1/s1. The third-order valence-electron chi connectivity index (χ3n) is 4.95. The molecule has 0 radical (unpaired) electrons. The zero-order valence-corrected chi connectivity index (χ0v) is 17.3. The number of nitrogens with two attached hydrogens (primary N) is 2. The van der Waals surface area contributed by atoms with Crippen molar-refractivity contribution in [3.8, 4) is 0 Å². The molecule has 0 aliphatic rings. The van der Waals surface area contributed by atoms with Crippen LogP contribution in [0.3, 0.4) is 0 Å². The number of benzene rings is 3. The lowest BCUT2D eigenvalue weighted by atomic mass is 9.99. The van der Waals surface area contributed by atoms with Gasteiger partial charge in [-0.25, -0.2) is 8.78 Å². The summed E-state index contributed by atoms with van der Waals surface area (Å²) >= 11 is 0. The Labute approximate surface area is 184 Å². The van der Waals surface area contributed by atoms with Crippen LogP contribution in [0, 0.1) is 11.6 Å². The van der Waals surface area contributed by atoms with Crippen molar-refractivity contribution in [1.82, 2.24) is 5.32 Å². The molecule has 1 amide bonds. The molecule has 0 heterocycles. The predicted molar refractivity (Wildman–Crippen MR) is 119 cm³/mol. The Kier molecular flexibility index (Phi) is 7.46. The number of rotatable bonds is 8. The Balaban J connectivity index is 1.79. The molecule has 164 valence electrons. The molecule has 3 aromatic rings. The fourth-order valence-electron chi connectivity index (χ4n) is 3.26. The van der Waals surface area contributed by atoms with E-state index >= 15 is 0 Å². The fourth-order valence-corrected chi connectivity index (χ4v) is 3.26. The van der Waals surface area contributed by atoms with Crippen molar-refractivity contribution in [3.63, 3.8) is 0 Å². The molecule has 32 heavy (non-hydrogen) atoms. The van der Waals surface area contributed by atoms with Gasteiger partial charge in [0.2, 0.25) is 5.71 Å². The van der Waals surface area contributed by atoms with Crippen molar-refractivity contribution < 1.29 is 24.1 Å². The average molecular weight is 436 g/mol. The highest BCUT2D eigenvalue weighted by Gasteiger charge is 2.20. The molecule has 1 atom stereocenters. The number of carbonyl (C=O) groups is 1. The number of allylic oxidation sites excluding steroid dienone is 1. The van der Waals surface area contributed by atoms with Crippen LogP contribution >= 0.6 is 0 Å². The van der Waals surface area contributed by atoms with Crippen molar-refractivity contribution >= 4 is 17.3 Å². The van der Waals surface area contributed by atoms with Gasteiger partial charge in [0.05, 0.1) is 23.8 Å². The van der Waals surface area contributed by atoms with Gasteiger partial charge < -0.3 is 16.2 Å². The monoisotopic (exact) mass is 436 g/mol. The molecular weight excluding hydrogens is 412 g/mol. The normalized spacial score (nSPS) is 12.3. The molecule has 0 saturated carbocycles. The number of amides is 1. The topological polar surface area (TPSA) is 101 Å². The molecule has 3 aromatic carbocycles. The molecule has 0 aliphatic heterocycles. The first-order valence-electron chi connectivity index (χ1n) is 9.99. The van der Waals surface area contributed by atoms with Crippen LogP contribution in [-0.2, 0) is 6.42 Å². The van der Waals surface area contributed by atoms with E-state index in [9.17, 15) is 18.7 Å². The maximum absolute atomic E-state index is 13.9. The summed E-state index contributed by atoms with van der Waals surface area (Å²) in [6.07, 6.45) is 1.63. The summed E-state index contributed by atoms with van der Waals surface area (Å²) in [4.78, 5) is 12.9. The molecule has 0 aliphatic carbocycles. The van der Waals surface area contributed by atoms with E-state index in [1.165, 1.54) is 36.4 Å². The summed E-state index contributed by atoms with van der Waals surface area (Å²) in [5.74, 6) is -1.25. The number of nitrogens with one attached hydrogen (secondary N) is 1. The molecule has 7 heteroatoms. The molecule has 0 fully saturated rings.